The van der Waals surface area contributed by atoms with Crippen LogP contribution >= 0.6 is 11.6 Å². The van der Waals surface area contributed by atoms with E-state index in [1.54, 1.807) is 13.1 Å². The largest absolute Gasteiger partial charge is 0.397 e. The molecule has 0 aliphatic rings. The van der Waals surface area contributed by atoms with E-state index >= 15 is 0 Å². The van der Waals surface area contributed by atoms with Crippen LogP contribution in [0.4, 0.5) is 5.69 Å². The number of aromatic nitrogens is 2. The van der Waals surface area contributed by atoms with Gasteiger partial charge in [0, 0.05) is 12.7 Å². The number of nitrogen functional groups attached to an aromatic ring is 1. The van der Waals surface area contributed by atoms with Crippen LogP contribution in [-0.4, -0.2) is 24.7 Å². The summed E-state index contributed by atoms with van der Waals surface area (Å²) in [6, 6.07) is 4.42. The van der Waals surface area contributed by atoms with E-state index in [-0.39, 0.29) is 4.90 Å². The van der Waals surface area contributed by atoms with E-state index in [2.05, 4.69) is 9.82 Å². The highest BCUT2D eigenvalue weighted by Crippen LogP contribution is 2.22. The Balaban J connectivity index is 2.52. The van der Waals surface area contributed by atoms with Gasteiger partial charge in [-0.1, -0.05) is 18.5 Å². The molecule has 0 fully saturated rings. The summed E-state index contributed by atoms with van der Waals surface area (Å²) in [6.45, 7) is 2.03. The molecule has 1 aromatic carbocycles. The lowest BCUT2D eigenvalue weighted by molar-refractivity contribution is 0.584. The highest BCUT2D eigenvalue weighted by Gasteiger charge is 2.15. The van der Waals surface area contributed by atoms with Crippen molar-refractivity contribution < 1.29 is 8.42 Å². The molecule has 0 amide bonds. The van der Waals surface area contributed by atoms with Crippen molar-refractivity contribution in [1.82, 2.24) is 14.5 Å². The minimum Gasteiger partial charge on any atom is -0.397 e. The summed E-state index contributed by atoms with van der Waals surface area (Å²) in [5.74, 6) is 0. The average molecular weight is 301 g/mol. The standard InChI is InChI=1S/C11H13ClN4O2S/c1-2-15-19(17,18)9-3-4-10(13)11(5-9)16-7-8(12)6-14-16/h3-7,15H,2,13H2,1H3. The van der Waals surface area contributed by atoms with Crippen molar-refractivity contribution in [3.8, 4) is 5.69 Å². The van der Waals surface area contributed by atoms with Crippen LogP contribution < -0.4 is 10.5 Å². The first-order chi connectivity index (χ1) is 8.94. The molecule has 0 radical (unpaired) electrons. The number of anilines is 1. The number of sulfonamides is 1. The van der Waals surface area contributed by atoms with Gasteiger partial charge >= 0.3 is 0 Å². The molecule has 1 heterocycles. The zero-order chi connectivity index (χ0) is 14.0. The summed E-state index contributed by atoms with van der Waals surface area (Å²) in [5, 5.41) is 4.45. The van der Waals surface area contributed by atoms with Crippen LogP contribution in [0, 0.1) is 0 Å². The summed E-state index contributed by atoms with van der Waals surface area (Å²) in [7, 11) is -3.53. The number of hydrogen-bond donors (Lipinski definition) is 2. The minimum absolute atomic E-state index is 0.130. The van der Waals surface area contributed by atoms with Crippen molar-refractivity contribution in [1.29, 1.82) is 0 Å². The first-order valence-corrected chi connectivity index (χ1v) is 7.40. The Morgan fingerprint density at radius 1 is 1.47 bits per heavy atom. The van der Waals surface area contributed by atoms with Crippen LogP contribution in [0.15, 0.2) is 35.5 Å². The van der Waals surface area contributed by atoms with Crippen LogP contribution in [-0.2, 0) is 10.0 Å². The fourth-order valence-corrected chi connectivity index (χ4v) is 2.79. The maximum Gasteiger partial charge on any atom is 0.240 e. The molecule has 0 unspecified atom stereocenters. The van der Waals surface area contributed by atoms with Gasteiger partial charge in [-0.3, -0.25) is 0 Å². The molecular weight excluding hydrogens is 288 g/mol. The third kappa shape index (κ3) is 2.89. The second-order valence-electron chi connectivity index (χ2n) is 3.83. The molecule has 0 bridgehead atoms. The number of benzene rings is 1. The van der Waals surface area contributed by atoms with E-state index in [0.29, 0.717) is 22.9 Å². The zero-order valence-corrected chi connectivity index (χ0v) is 11.7. The van der Waals surface area contributed by atoms with Gasteiger partial charge in [-0.25, -0.2) is 17.8 Å². The molecule has 0 aliphatic carbocycles. The number of hydrogen-bond acceptors (Lipinski definition) is 4. The fourth-order valence-electron chi connectivity index (χ4n) is 1.59. The third-order valence-corrected chi connectivity index (χ3v) is 4.18. The normalized spacial score (nSPS) is 11.7. The van der Waals surface area contributed by atoms with E-state index in [1.165, 1.54) is 29.1 Å². The molecule has 8 heteroatoms. The Labute approximate surface area is 116 Å². The van der Waals surface area contributed by atoms with Crippen LogP contribution in [0.3, 0.4) is 0 Å². The Morgan fingerprint density at radius 2 is 2.21 bits per heavy atom. The molecule has 2 rings (SSSR count). The zero-order valence-electron chi connectivity index (χ0n) is 10.2. The van der Waals surface area contributed by atoms with E-state index in [0.717, 1.165) is 0 Å². The maximum absolute atomic E-state index is 11.9. The van der Waals surface area contributed by atoms with Crippen molar-refractivity contribution in [2.24, 2.45) is 0 Å². The SMILES string of the molecule is CCNS(=O)(=O)c1ccc(N)c(-n2cc(Cl)cn2)c1. The Morgan fingerprint density at radius 3 is 2.79 bits per heavy atom. The van der Waals surface area contributed by atoms with Gasteiger partial charge in [0.05, 0.1) is 27.5 Å². The van der Waals surface area contributed by atoms with Crippen molar-refractivity contribution in [2.75, 3.05) is 12.3 Å². The van der Waals surface area contributed by atoms with Gasteiger partial charge in [0.2, 0.25) is 10.0 Å². The van der Waals surface area contributed by atoms with Gasteiger partial charge < -0.3 is 5.73 Å². The van der Waals surface area contributed by atoms with E-state index in [4.69, 9.17) is 17.3 Å². The summed E-state index contributed by atoms with van der Waals surface area (Å²) in [5.41, 5.74) is 6.70. The van der Waals surface area contributed by atoms with Crippen LogP contribution in [0.25, 0.3) is 5.69 Å². The quantitative estimate of drug-likeness (QED) is 0.835. The van der Waals surface area contributed by atoms with Gasteiger partial charge in [-0.2, -0.15) is 5.10 Å². The molecule has 102 valence electrons. The smallest absolute Gasteiger partial charge is 0.240 e. The summed E-state index contributed by atoms with van der Waals surface area (Å²) in [4.78, 5) is 0.130. The molecule has 19 heavy (non-hydrogen) atoms. The predicted octanol–water partition coefficient (Wildman–Crippen LogP) is 1.41. The number of rotatable bonds is 4. The summed E-state index contributed by atoms with van der Waals surface area (Å²) < 4.78 is 27.7. The number of nitrogens with zero attached hydrogens (tertiary/aromatic N) is 2. The van der Waals surface area contributed by atoms with Crippen LogP contribution in [0.1, 0.15) is 6.92 Å². The molecule has 0 atom stereocenters. The van der Waals surface area contributed by atoms with Gasteiger partial charge in [0.25, 0.3) is 0 Å². The molecular formula is C11H13ClN4O2S. The molecule has 0 saturated carbocycles. The number of nitrogens with two attached hydrogens (primary N) is 1. The Kier molecular flexibility index (Phi) is 3.79. The number of halogens is 1. The lowest BCUT2D eigenvalue weighted by atomic mass is 10.3. The summed E-state index contributed by atoms with van der Waals surface area (Å²) in [6.07, 6.45) is 3.00. The van der Waals surface area contributed by atoms with Crippen LogP contribution in [0.5, 0.6) is 0 Å². The lowest BCUT2D eigenvalue weighted by Gasteiger charge is -2.09. The van der Waals surface area contributed by atoms with Gasteiger partial charge in [0.15, 0.2) is 0 Å². The Hall–Kier alpha value is -1.57. The van der Waals surface area contributed by atoms with E-state index in [1.807, 2.05) is 0 Å². The predicted molar refractivity (Wildman–Crippen MR) is 73.8 cm³/mol. The van der Waals surface area contributed by atoms with E-state index in [9.17, 15) is 8.42 Å². The van der Waals surface area contributed by atoms with Gasteiger partial charge in [0.1, 0.15) is 0 Å². The average Bonchev–Trinajstić information content (AvgIpc) is 2.76. The molecule has 3 N–H and O–H groups in total. The second kappa shape index (κ2) is 5.20. The number of nitrogens with one attached hydrogen (secondary N) is 1. The van der Waals surface area contributed by atoms with Gasteiger partial charge in [-0.15, -0.1) is 0 Å². The topological polar surface area (TPSA) is 90.0 Å². The lowest BCUT2D eigenvalue weighted by Crippen LogP contribution is -2.23. The van der Waals surface area contributed by atoms with Crippen LogP contribution in [0.2, 0.25) is 5.02 Å². The van der Waals surface area contributed by atoms with Crippen molar-refractivity contribution in [3.63, 3.8) is 0 Å². The second-order valence-corrected chi connectivity index (χ2v) is 6.03. The minimum atomic E-state index is -3.53. The van der Waals surface area contributed by atoms with E-state index < -0.39 is 10.0 Å². The first kappa shape index (κ1) is 13.9. The summed E-state index contributed by atoms with van der Waals surface area (Å²) >= 11 is 5.79. The van der Waals surface area contributed by atoms with Crippen molar-refractivity contribution in [3.05, 3.63) is 35.6 Å². The Bertz CT molecular complexity index is 696. The maximum atomic E-state index is 11.9. The van der Waals surface area contributed by atoms with Crippen molar-refractivity contribution >= 4 is 27.3 Å². The monoisotopic (exact) mass is 300 g/mol. The fraction of sp³-hybridized carbons (Fsp3) is 0.182. The van der Waals surface area contributed by atoms with Gasteiger partial charge in [-0.05, 0) is 18.2 Å². The molecule has 0 spiro atoms. The highest BCUT2D eigenvalue weighted by molar-refractivity contribution is 7.89. The molecule has 0 aliphatic heterocycles. The highest BCUT2D eigenvalue weighted by atomic mass is 35.5. The third-order valence-electron chi connectivity index (χ3n) is 2.44. The molecule has 0 saturated heterocycles. The first-order valence-electron chi connectivity index (χ1n) is 5.54. The van der Waals surface area contributed by atoms with Crippen molar-refractivity contribution in [2.45, 2.75) is 11.8 Å². The molecule has 1 aromatic heterocycles. The molecule has 2 aromatic rings. The molecule has 6 nitrogen and oxygen atoms in total.